The van der Waals surface area contributed by atoms with Gasteiger partial charge in [-0.05, 0) is 63.5 Å². The highest BCUT2D eigenvalue weighted by Crippen LogP contribution is 2.37. The molecule has 2 aliphatic heterocycles. The monoisotopic (exact) mass is 549 g/mol. The largest absolute Gasteiger partial charge is 0.423 e. The second kappa shape index (κ2) is 13.1. The number of alkyl halides is 3. The normalized spacial score (nSPS) is 18.4. The highest BCUT2D eigenvalue weighted by Gasteiger charge is 2.38. The molecule has 214 valence electrons. The van der Waals surface area contributed by atoms with Crippen LogP contribution in [0.4, 0.5) is 30.2 Å². The summed E-state index contributed by atoms with van der Waals surface area (Å²) >= 11 is 0. The molecule has 4 rings (SSSR count). The van der Waals surface area contributed by atoms with E-state index in [0.717, 1.165) is 57.7 Å². The minimum Gasteiger partial charge on any atom is -0.380 e. The molecular weight excluding hydrogens is 511 g/mol. The van der Waals surface area contributed by atoms with Crippen LogP contribution in [0, 0.1) is 17.0 Å². The Bertz CT molecular complexity index is 1130. The average Bonchev–Trinajstić information content (AvgIpc) is 3.21. The van der Waals surface area contributed by atoms with Crippen LogP contribution in [0.2, 0.25) is 0 Å². The number of amides is 1. The molecule has 2 aliphatic rings. The first-order valence-electron chi connectivity index (χ1n) is 13.0. The molecule has 0 saturated carbocycles. The van der Waals surface area contributed by atoms with Crippen molar-refractivity contribution in [2.75, 3.05) is 56.0 Å². The van der Waals surface area contributed by atoms with Gasteiger partial charge in [0.2, 0.25) is 5.91 Å². The molecule has 39 heavy (non-hydrogen) atoms. The van der Waals surface area contributed by atoms with Gasteiger partial charge in [-0.25, -0.2) is 0 Å². The zero-order valence-corrected chi connectivity index (χ0v) is 21.5. The van der Waals surface area contributed by atoms with E-state index in [1.807, 2.05) is 0 Å². The first-order chi connectivity index (χ1) is 18.1. The summed E-state index contributed by atoms with van der Waals surface area (Å²) in [6.45, 7) is 7.78. The fourth-order valence-electron chi connectivity index (χ4n) is 5.17. The van der Waals surface area contributed by atoms with Gasteiger partial charge < -0.3 is 20.0 Å². The molecule has 0 bridgehead atoms. The van der Waals surface area contributed by atoms with Crippen LogP contribution in [0.3, 0.4) is 0 Å². The van der Waals surface area contributed by atoms with Gasteiger partial charge in [-0.3, -0.25) is 14.9 Å². The molecule has 0 unspecified atom stereocenters. The van der Waals surface area contributed by atoms with Crippen LogP contribution in [0.25, 0.3) is 0 Å². The lowest BCUT2D eigenvalue weighted by Crippen LogP contribution is -2.33. The number of rotatable bonds is 8. The SMILES string of the molecule is C.Cc1ccc(N2CCCN(CCCC(=O)N3CC[C@@H](Nc4ccc([N+](=O)[O-])c(C(F)(F)F)c4)C3)CC2)cc1. The van der Waals surface area contributed by atoms with E-state index in [4.69, 9.17) is 0 Å². The van der Waals surface area contributed by atoms with E-state index in [-0.39, 0.29) is 25.1 Å². The number of hydrogen-bond acceptors (Lipinski definition) is 6. The van der Waals surface area contributed by atoms with E-state index in [2.05, 4.69) is 46.3 Å². The zero-order chi connectivity index (χ0) is 27.3. The molecule has 0 spiro atoms. The molecule has 8 nitrogen and oxygen atoms in total. The summed E-state index contributed by atoms with van der Waals surface area (Å²) in [6, 6.07) is 11.3. The molecule has 1 N–H and O–H groups in total. The highest BCUT2D eigenvalue weighted by molar-refractivity contribution is 5.76. The van der Waals surface area contributed by atoms with Gasteiger partial charge in [-0.1, -0.05) is 25.1 Å². The van der Waals surface area contributed by atoms with Crippen molar-refractivity contribution in [2.24, 2.45) is 0 Å². The van der Waals surface area contributed by atoms with Gasteiger partial charge in [0.05, 0.1) is 4.92 Å². The van der Waals surface area contributed by atoms with Gasteiger partial charge in [-0.15, -0.1) is 0 Å². The lowest BCUT2D eigenvalue weighted by Gasteiger charge is -2.24. The van der Waals surface area contributed by atoms with Gasteiger partial charge in [0.25, 0.3) is 5.69 Å². The van der Waals surface area contributed by atoms with E-state index in [1.54, 1.807) is 4.90 Å². The quantitative estimate of drug-likeness (QED) is 0.343. The number of hydrogen-bond donors (Lipinski definition) is 1. The molecule has 0 aromatic heterocycles. The summed E-state index contributed by atoms with van der Waals surface area (Å²) in [7, 11) is 0. The molecule has 2 fully saturated rings. The van der Waals surface area contributed by atoms with Crippen LogP contribution in [0.5, 0.6) is 0 Å². The van der Waals surface area contributed by atoms with Crippen LogP contribution in [-0.2, 0) is 11.0 Å². The maximum Gasteiger partial charge on any atom is 0.423 e. The third kappa shape index (κ3) is 8.08. The van der Waals surface area contributed by atoms with Gasteiger partial charge in [0.15, 0.2) is 0 Å². The van der Waals surface area contributed by atoms with E-state index in [1.165, 1.54) is 17.3 Å². The second-order valence-corrected chi connectivity index (χ2v) is 10.1. The van der Waals surface area contributed by atoms with E-state index in [0.29, 0.717) is 25.9 Å². The number of nitrogens with zero attached hydrogens (tertiary/aromatic N) is 4. The van der Waals surface area contributed by atoms with Crippen molar-refractivity contribution in [3.63, 3.8) is 0 Å². The summed E-state index contributed by atoms with van der Waals surface area (Å²) in [4.78, 5) is 29.3. The lowest BCUT2D eigenvalue weighted by molar-refractivity contribution is -0.388. The van der Waals surface area contributed by atoms with E-state index in [9.17, 15) is 28.1 Å². The van der Waals surface area contributed by atoms with Crippen molar-refractivity contribution in [2.45, 2.75) is 52.3 Å². The Kier molecular flexibility index (Phi) is 10.2. The van der Waals surface area contributed by atoms with Crippen molar-refractivity contribution in [1.82, 2.24) is 9.80 Å². The van der Waals surface area contributed by atoms with Crippen molar-refractivity contribution in [3.8, 4) is 0 Å². The van der Waals surface area contributed by atoms with Gasteiger partial charge in [-0.2, -0.15) is 13.2 Å². The number of anilines is 2. The molecule has 2 aromatic carbocycles. The molecule has 0 radical (unpaired) electrons. The molecule has 2 aromatic rings. The maximum atomic E-state index is 13.3. The van der Waals surface area contributed by atoms with Crippen molar-refractivity contribution in [1.29, 1.82) is 0 Å². The Hall–Kier alpha value is -3.34. The van der Waals surface area contributed by atoms with Crippen LogP contribution in [0.1, 0.15) is 44.2 Å². The number of carbonyl (C=O) groups is 1. The van der Waals surface area contributed by atoms with Crippen LogP contribution < -0.4 is 10.2 Å². The first-order valence-corrected chi connectivity index (χ1v) is 13.0. The molecule has 1 amide bonds. The predicted octanol–water partition coefficient (Wildman–Crippen LogP) is 5.56. The number of nitro groups is 1. The molecule has 0 aliphatic carbocycles. The molecule has 2 saturated heterocycles. The summed E-state index contributed by atoms with van der Waals surface area (Å²) in [5.41, 5.74) is 0.389. The van der Waals surface area contributed by atoms with E-state index < -0.39 is 22.4 Å². The van der Waals surface area contributed by atoms with Crippen LogP contribution in [0.15, 0.2) is 42.5 Å². The highest BCUT2D eigenvalue weighted by atomic mass is 19.4. The summed E-state index contributed by atoms with van der Waals surface area (Å²) in [6.07, 6.45) is -1.97. The van der Waals surface area contributed by atoms with Gasteiger partial charge >= 0.3 is 6.18 Å². The standard InChI is InChI=1S/C27H34F3N5O3.CH4/c1-20-5-8-23(9-6-20)33-14-3-13-32(16-17-33)12-2-4-26(36)34-15-11-22(19-34)31-21-7-10-25(35(37)38)24(18-21)27(28,29)30;/h5-10,18,22,31H,2-4,11-17,19H2,1H3;1H4/t22-;/m1./s1. The second-order valence-electron chi connectivity index (χ2n) is 10.1. The number of aryl methyl sites for hydroxylation is 1. The number of likely N-dealkylation sites (tertiary alicyclic amines) is 1. The van der Waals surface area contributed by atoms with Crippen molar-refractivity contribution in [3.05, 3.63) is 63.7 Å². The number of nitrogens with one attached hydrogen (secondary N) is 1. The Morgan fingerprint density at radius 3 is 2.51 bits per heavy atom. The van der Waals surface area contributed by atoms with Gasteiger partial charge in [0.1, 0.15) is 5.56 Å². The fraction of sp³-hybridized carbons (Fsp3) is 0.536. The summed E-state index contributed by atoms with van der Waals surface area (Å²) in [5, 5.41) is 14.0. The summed E-state index contributed by atoms with van der Waals surface area (Å²) in [5.74, 6) is 0.0464. The maximum absolute atomic E-state index is 13.3. The number of benzene rings is 2. The lowest BCUT2D eigenvalue weighted by atomic mass is 10.1. The summed E-state index contributed by atoms with van der Waals surface area (Å²) < 4.78 is 39.8. The van der Waals surface area contributed by atoms with Crippen molar-refractivity contribution >= 4 is 23.0 Å². The molecule has 1 atom stereocenters. The Morgan fingerprint density at radius 2 is 1.82 bits per heavy atom. The van der Waals surface area contributed by atoms with Crippen LogP contribution >= 0.6 is 0 Å². The Morgan fingerprint density at radius 1 is 1.08 bits per heavy atom. The van der Waals surface area contributed by atoms with E-state index >= 15 is 0 Å². The Balaban J connectivity index is 0.00000420. The average molecular weight is 550 g/mol. The topological polar surface area (TPSA) is 82.0 Å². The molecule has 11 heteroatoms. The third-order valence-corrected chi connectivity index (χ3v) is 7.26. The molecule has 2 heterocycles. The zero-order valence-electron chi connectivity index (χ0n) is 21.5. The Labute approximate surface area is 227 Å². The fourth-order valence-corrected chi connectivity index (χ4v) is 5.17. The smallest absolute Gasteiger partial charge is 0.380 e. The number of halogens is 3. The number of nitro benzene ring substituents is 1. The molecular formula is C28H38F3N5O3. The first kappa shape index (κ1) is 30.2. The van der Waals surface area contributed by atoms with Crippen LogP contribution in [-0.4, -0.2) is 72.5 Å². The minimum absolute atomic E-state index is 0. The predicted molar refractivity (Wildman–Crippen MR) is 147 cm³/mol. The van der Waals surface area contributed by atoms with Gasteiger partial charge in [0, 0.05) is 62.6 Å². The van der Waals surface area contributed by atoms with Crippen molar-refractivity contribution < 1.29 is 22.9 Å². The minimum atomic E-state index is -4.83. The third-order valence-electron chi connectivity index (χ3n) is 7.26. The number of carbonyl (C=O) groups excluding carboxylic acids is 1.